The lowest BCUT2D eigenvalue weighted by atomic mass is 10.1. The lowest BCUT2D eigenvalue weighted by Crippen LogP contribution is -2.07. The second kappa shape index (κ2) is 5.06. The smallest absolute Gasteiger partial charge is 0.335 e. The highest BCUT2D eigenvalue weighted by atomic mass is 19.1. The molecule has 0 aliphatic rings. The van der Waals surface area contributed by atoms with E-state index in [1.807, 2.05) is 0 Å². The maximum atomic E-state index is 13.3. The minimum Gasteiger partial charge on any atom is -0.478 e. The molecule has 0 aliphatic carbocycles. The molecule has 0 saturated heterocycles. The highest BCUT2D eigenvalue weighted by molar-refractivity contribution is 5.87. The van der Waals surface area contributed by atoms with Gasteiger partial charge in [-0.3, -0.25) is 4.79 Å². The molecule has 0 spiro atoms. The van der Waals surface area contributed by atoms with Crippen molar-refractivity contribution in [2.75, 3.05) is 0 Å². The van der Waals surface area contributed by atoms with Crippen LogP contribution < -0.4 is 5.73 Å². The minimum absolute atomic E-state index is 0.0140. The summed E-state index contributed by atoms with van der Waals surface area (Å²) in [5, 5.41) is 8.60. The van der Waals surface area contributed by atoms with Crippen molar-refractivity contribution in [3.05, 3.63) is 41.2 Å². The average molecular weight is 223 g/mol. The monoisotopic (exact) mass is 223 g/mol. The van der Waals surface area contributed by atoms with Crippen LogP contribution in [0.2, 0.25) is 0 Å². The van der Waals surface area contributed by atoms with E-state index < -0.39 is 17.7 Å². The van der Waals surface area contributed by atoms with Gasteiger partial charge in [-0.05, 0) is 12.1 Å². The molecule has 4 nitrogen and oxygen atoms in total. The van der Waals surface area contributed by atoms with Gasteiger partial charge in [0.1, 0.15) is 5.82 Å². The third kappa shape index (κ3) is 3.20. The van der Waals surface area contributed by atoms with Crippen LogP contribution in [0.25, 0.3) is 6.08 Å². The number of carboxylic acids is 1. The first-order valence-corrected chi connectivity index (χ1v) is 4.48. The van der Waals surface area contributed by atoms with Gasteiger partial charge in [0.15, 0.2) is 0 Å². The van der Waals surface area contributed by atoms with Gasteiger partial charge in [-0.25, -0.2) is 9.18 Å². The zero-order valence-electron chi connectivity index (χ0n) is 8.31. The summed E-state index contributed by atoms with van der Waals surface area (Å²) in [7, 11) is 0. The largest absolute Gasteiger partial charge is 0.478 e. The van der Waals surface area contributed by atoms with Gasteiger partial charge in [-0.2, -0.15) is 0 Å². The van der Waals surface area contributed by atoms with E-state index >= 15 is 0 Å². The van der Waals surface area contributed by atoms with Gasteiger partial charge in [0.25, 0.3) is 0 Å². The summed E-state index contributed by atoms with van der Waals surface area (Å²) in [6, 6.07) is 3.54. The van der Waals surface area contributed by atoms with Gasteiger partial charge in [-0.15, -0.1) is 0 Å². The van der Waals surface area contributed by atoms with E-state index in [0.29, 0.717) is 0 Å². The highest BCUT2D eigenvalue weighted by Gasteiger charge is 2.06. The molecule has 0 saturated carbocycles. The first kappa shape index (κ1) is 11.9. The van der Waals surface area contributed by atoms with E-state index in [1.165, 1.54) is 24.3 Å². The lowest BCUT2D eigenvalue weighted by molar-refractivity contribution is -0.117. The molecule has 0 heterocycles. The average Bonchev–Trinajstić information content (AvgIpc) is 2.19. The molecule has 84 valence electrons. The molecule has 1 aromatic rings. The number of primary amides is 1. The van der Waals surface area contributed by atoms with E-state index in [2.05, 4.69) is 0 Å². The van der Waals surface area contributed by atoms with Crippen molar-refractivity contribution in [2.24, 2.45) is 5.73 Å². The van der Waals surface area contributed by atoms with Gasteiger partial charge >= 0.3 is 5.97 Å². The molecule has 0 fully saturated rings. The fraction of sp³-hybridized carbons (Fsp3) is 0.0909. The van der Waals surface area contributed by atoms with Crippen LogP contribution in [0.15, 0.2) is 24.3 Å². The first-order valence-electron chi connectivity index (χ1n) is 4.48. The topological polar surface area (TPSA) is 80.4 Å². The molecule has 1 amide bonds. The Kier molecular flexibility index (Phi) is 3.77. The van der Waals surface area contributed by atoms with Crippen LogP contribution in [0.5, 0.6) is 0 Å². The SMILES string of the molecule is NC(=O)CC=Cc1ccc(C(=O)O)cc1F. The van der Waals surface area contributed by atoms with Crippen LogP contribution in [-0.2, 0) is 4.79 Å². The molecule has 3 N–H and O–H groups in total. The number of carbonyl (C=O) groups excluding carboxylic acids is 1. The number of amides is 1. The number of benzene rings is 1. The van der Waals surface area contributed by atoms with Crippen LogP contribution in [0.3, 0.4) is 0 Å². The number of hydrogen-bond donors (Lipinski definition) is 2. The molecule has 5 heteroatoms. The van der Waals surface area contributed by atoms with E-state index in [0.717, 1.165) is 6.07 Å². The van der Waals surface area contributed by atoms with Gasteiger partial charge in [0.2, 0.25) is 5.91 Å². The van der Waals surface area contributed by atoms with E-state index in [9.17, 15) is 14.0 Å². The molecule has 1 rings (SSSR count). The standard InChI is InChI=1S/C11H10FNO3/c12-9-6-8(11(15)16)5-4-7(9)2-1-3-10(13)14/h1-2,4-6H,3H2,(H2,13,14)(H,15,16). The Morgan fingerprint density at radius 3 is 2.62 bits per heavy atom. The van der Waals surface area contributed by atoms with Crippen molar-refractivity contribution in [3.63, 3.8) is 0 Å². The van der Waals surface area contributed by atoms with Crippen LogP contribution in [0, 0.1) is 5.82 Å². The van der Waals surface area contributed by atoms with Crippen molar-refractivity contribution < 1.29 is 19.1 Å². The number of rotatable bonds is 4. The normalized spacial score (nSPS) is 10.6. The Hall–Kier alpha value is -2.17. The van der Waals surface area contributed by atoms with Crippen LogP contribution in [-0.4, -0.2) is 17.0 Å². The quantitative estimate of drug-likeness (QED) is 0.809. The Bertz CT molecular complexity index is 455. The van der Waals surface area contributed by atoms with Crippen molar-refractivity contribution in [2.45, 2.75) is 6.42 Å². The maximum Gasteiger partial charge on any atom is 0.335 e. The summed E-state index contributed by atoms with van der Waals surface area (Å²) in [5.41, 5.74) is 4.99. The van der Waals surface area contributed by atoms with Crippen molar-refractivity contribution in [1.82, 2.24) is 0 Å². The van der Waals surface area contributed by atoms with Gasteiger partial charge in [0, 0.05) is 12.0 Å². The van der Waals surface area contributed by atoms with Gasteiger partial charge < -0.3 is 10.8 Å². The summed E-state index contributed by atoms with van der Waals surface area (Å²) >= 11 is 0. The number of nitrogens with two attached hydrogens (primary N) is 1. The maximum absolute atomic E-state index is 13.3. The van der Waals surface area contributed by atoms with E-state index in [-0.39, 0.29) is 17.5 Å². The van der Waals surface area contributed by atoms with Crippen molar-refractivity contribution >= 4 is 18.0 Å². The third-order valence-corrected chi connectivity index (χ3v) is 1.86. The number of hydrogen-bond acceptors (Lipinski definition) is 2. The molecule has 0 unspecified atom stereocenters. The van der Waals surface area contributed by atoms with Crippen molar-refractivity contribution in [1.29, 1.82) is 0 Å². The summed E-state index contributed by atoms with van der Waals surface area (Å²) in [6.07, 6.45) is 2.81. The van der Waals surface area contributed by atoms with E-state index in [4.69, 9.17) is 10.8 Å². The number of carbonyl (C=O) groups is 2. The molecular formula is C11H10FNO3. The Morgan fingerprint density at radius 1 is 1.44 bits per heavy atom. The fourth-order valence-electron chi connectivity index (χ4n) is 1.10. The highest BCUT2D eigenvalue weighted by Crippen LogP contribution is 2.12. The summed E-state index contributed by atoms with van der Waals surface area (Å²) in [4.78, 5) is 20.9. The second-order valence-corrected chi connectivity index (χ2v) is 3.11. The lowest BCUT2D eigenvalue weighted by Gasteiger charge is -1.98. The number of carboxylic acid groups (broad SMARTS) is 1. The van der Waals surface area contributed by atoms with E-state index in [1.54, 1.807) is 0 Å². The molecule has 16 heavy (non-hydrogen) atoms. The first-order chi connectivity index (χ1) is 7.50. The van der Waals surface area contributed by atoms with Gasteiger partial charge in [-0.1, -0.05) is 18.2 Å². The van der Waals surface area contributed by atoms with Crippen LogP contribution in [0.4, 0.5) is 4.39 Å². The van der Waals surface area contributed by atoms with Crippen LogP contribution in [0.1, 0.15) is 22.3 Å². The number of halogens is 1. The predicted octanol–water partition coefficient (Wildman–Crippen LogP) is 1.41. The molecule has 0 atom stereocenters. The molecule has 1 aromatic carbocycles. The molecular weight excluding hydrogens is 213 g/mol. The Labute approximate surface area is 91.2 Å². The predicted molar refractivity (Wildman–Crippen MR) is 56.2 cm³/mol. The summed E-state index contributed by atoms with van der Waals surface area (Å²) in [5.74, 6) is -2.36. The Balaban J connectivity index is 2.87. The molecule has 0 radical (unpaired) electrons. The number of aromatic carboxylic acids is 1. The van der Waals surface area contributed by atoms with Gasteiger partial charge in [0.05, 0.1) is 5.56 Å². The Morgan fingerprint density at radius 2 is 2.12 bits per heavy atom. The zero-order valence-corrected chi connectivity index (χ0v) is 8.31. The fourth-order valence-corrected chi connectivity index (χ4v) is 1.10. The second-order valence-electron chi connectivity index (χ2n) is 3.11. The molecule has 0 aromatic heterocycles. The molecule has 0 bridgehead atoms. The minimum atomic E-state index is -1.19. The summed E-state index contributed by atoms with van der Waals surface area (Å²) < 4.78 is 13.3. The summed E-state index contributed by atoms with van der Waals surface area (Å²) in [6.45, 7) is 0. The zero-order chi connectivity index (χ0) is 12.1. The van der Waals surface area contributed by atoms with Crippen LogP contribution >= 0.6 is 0 Å². The van der Waals surface area contributed by atoms with Crippen molar-refractivity contribution in [3.8, 4) is 0 Å². The molecule has 0 aliphatic heterocycles. The third-order valence-electron chi connectivity index (χ3n) is 1.86.